The van der Waals surface area contributed by atoms with Gasteiger partial charge in [0.25, 0.3) is 0 Å². The number of aryl methyl sites for hydroxylation is 1. The predicted octanol–water partition coefficient (Wildman–Crippen LogP) is 5.28. The highest BCUT2D eigenvalue weighted by molar-refractivity contribution is 6.75. The molecule has 0 aliphatic carbocycles. The first-order valence-corrected chi connectivity index (χ1v) is 8.16. The third kappa shape index (κ3) is 4.30. The smallest absolute Gasteiger partial charge is 0.228 e. The van der Waals surface area contributed by atoms with Gasteiger partial charge in [-0.1, -0.05) is 90.9 Å². The highest BCUT2D eigenvalue weighted by Crippen LogP contribution is 2.53. The molecular formula is C12H18Cl5N3. The molecule has 0 bridgehead atoms. The zero-order valence-corrected chi connectivity index (χ0v) is 15.6. The van der Waals surface area contributed by atoms with Gasteiger partial charge in [0.15, 0.2) is 0 Å². The molecule has 3 nitrogen and oxygen atoms in total. The molecule has 0 amide bonds. The number of hydrogen-bond donors (Lipinski definition) is 0. The van der Waals surface area contributed by atoms with Crippen LogP contribution in [0.15, 0.2) is 0 Å². The van der Waals surface area contributed by atoms with Crippen molar-refractivity contribution in [1.29, 1.82) is 0 Å². The Labute approximate surface area is 144 Å². The SMILES string of the molecule is CCCn1nnc(CC(C)(C)C)c1C(Cl)(Cl)C(Cl)(Cl)Cl. The fourth-order valence-electron chi connectivity index (χ4n) is 1.82. The third-order valence-corrected chi connectivity index (χ3v) is 4.95. The second kappa shape index (κ2) is 6.37. The molecule has 0 aliphatic rings. The van der Waals surface area contributed by atoms with Crippen molar-refractivity contribution in [1.82, 2.24) is 15.0 Å². The van der Waals surface area contributed by atoms with E-state index < -0.39 is 8.13 Å². The molecule has 1 rings (SSSR count). The Kier molecular flexibility index (Phi) is 5.94. The van der Waals surface area contributed by atoms with E-state index in [1.165, 1.54) is 0 Å². The van der Waals surface area contributed by atoms with Crippen LogP contribution in [-0.4, -0.2) is 18.8 Å². The van der Waals surface area contributed by atoms with Crippen molar-refractivity contribution >= 4 is 58.0 Å². The molecule has 1 heterocycles. The van der Waals surface area contributed by atoms with Crippen molar-refractivity contribution in [2.45, 2.75) is 55.2 Å². The van der Waals surface area contributed by atoms with Crippen molar-refractivity contribution in [3.05, 3.63) is 11.4 Å². The van der Waals surface area contributed by atoms with Crippen molar-refractivity contribution < 1.29 is 0 Å². The summed E-state index contributed by atoms with van der Waals surface area (Å²) in [7, 11) is 0. The molecule has 0 N–H and O–H groups in total. The molecule has 0 saturated heterocycles. The minimum absolute atomic E-state index is 0.0146. The van der Waals surface area contributed by atoms with E-state index in [1.807, 2.05) is 6.92 Å². The fourth-order valence-corrected chi connectivity index (χ4v) is 2.50. The lowest BCUT2D eigenvalue weighted by molar-refractivity contribution is 0.403. The summed E-state index contributed by atoms with van der Waals surface area (Å²) < 4.78 is -1.98. The summed E-state index contributed by atoms with van der Waals surface area (Å²) in [6.07, 6.45) is 1.48. The van der Waals surface area contributed by atoms with Gasteiger partial charge in [0, 0.05) is 6.54 Å². The van der Waals surface area contributed by atoms with Crippen molar-refractivity contribution in [3.8, 4) is 0 Å². The summed E-state index contributed by atoms with van der Waals surface area (Å²) in [5, 5.41) is 8.26. The molecule has 0 spiro atoms. The lowest BCUT2D eigenvalue weighted by Crippen LogP contribution is -2.33. The van der Waals surface area contributed by atoms with Gasteiger partial charge in [-0.25, -0.2) is 4.68 Å². The second-order valence-electron chi connectivity index (χ2n) is 5.92. The summed E-state index contributed by atoms with van der Waals surface area (Å²) in [5.74, 6) is 0. The number of rotatable bonds is 4. The summed E-state index contributed by atoms with van der Waals surface area (Å²) in [6, 6.07) is 0. The van der Waals surface area contributed by atoms with Gasteiger partial charge in [-0.2, -0.15) is 0 Å². The van der Waals surface area contributed by atoms with E-state index in [4.69, 9.17) is 58.0 Å². The molecule has 0 aromatic carbocycles. The van der Waals surface area contributed by atoms with Crippen molar-refractivity contribution in [2.75, 3.05) is 0 Å². The molecule has 0 aliphatic heterocycles. The van der Waals surface area contributed by atoms with Crippen LogP contribution in [0.1, 0.15) is 45.5 Å². The van der Waals surface area contributed by atoms with Gasteiger partial charge in [-0.3, -0.25) is 0 Å². The Morgan fingerprint density at radius 2 is 1.60 bits per heavy atom. The van der Waals surface area contributed by atoms with Gasteiger partial charge in [0.05, 0.1) is 5.69 Å². The van der Waals surface area contributed by atoms with Crippen LogP contribution in [0.25, 0.3) is 0 Å². The lowest BCUT2D eigenvalue weighted by Gasteiger charge is -2.29. The number of nitrogens with zero attached hydrogens (tertiary/aromatic N) is 3. The molecule has 0 unspecified atom stereocenters. The van der Waals surface area contributed by atoms with E-state index in [2.05, 4.69) is 31.1 Å². The van der Waals surface area contributed by atoms with Crippen LogP contribution in [0.2, 0.25) is 0 Å². The Hall–Kier alpha value is 0.590. The molecule has 1 aromatic rings. The normalized spacial score (nSPS) is 13.8. The van der Waals surface area contributed by atoms with E-state index in [0.717, 1.165) is 6.42 Å². The van der Waals surface area contributed by atoms with Crippen LogP contribution < -0.4 is 0 Å². The van der Waals surface area contributed by atoms with Crippen LogP contribution in [0.4, 0.5) is 0 Å². The van der Waals surface area contributed by atoms with E-state index in [1.54, 1.807) is 4.68 Å². The average molecular weight is 382 g/mol. The third-order valence-electron chi connectivity index (χ3n) is 2.59. The molecular weight excluding hydrogens is 363 g/mol. The summed E-state index contributed by atoms with van der Waals surface area (Å²) in [5.41, 5.74) is 1.10. The topological polar surface area (TPSA) is 30.7 Å². The second-order valence-corrected chi connectivity index (χ2v) is 9.53. The van der Waals surface area contributed by atoms with E-state index in [-0.39, 0.29) is 5.41 Å². The van der Waals surface area contributed by atoms with E-state index in [0.29, 0.717) is 24.4 Å². The summed E-state index contributed by atoms with van der Waals surface area (Å²) in [6.45, 7) is 8.85. The first kappa shape index (κ1) is 18.6. The largest absolute Gasteiger partial charge is 0.246 e. The minimum Gasteiger partial charge on any atom is -0.246 e. The van der Waals surface area contributed by atoms with Gasteiger partial charge in [-0.15, -0.1) is 5.10 Å². The highest BCUT2D eigenvalue weighted by atomic mass is 35.6. The monoisotopic (exact) mass is 379 g/mol. The number of halogens is 5. The zero-order chi connectivity index (χ0) is 15.8. The van der Waals surface area contributed by atoms with Crippen LogP contribution in [0.5, 0.6) is 0 Å². The number of aromatic nitrogens is 3. The first-order valence-electron chi connectivity index (χ1n) is 6.27. The Bertz CT molecular complexity index is 457. The molecule has 20 heavy (non-hydrogen) atoms. The maximum atomic E-state index is 6.32. The average Bonchev–Trinajstić information content (AvgIpc) is 2.57. The van der Waals surface area contributed by atoms with Crippen LogP contribution in [-0.2, 0) is 17.3 Å². The summed E-state index contributed by atoms with van der Waals surface area (Å²) >= 11 is 30.4. The quantitative estimate of drug-likeness (QED) is 0.665. The molecule has 0 fully saturated rings. The fraction of sp³-hybridized carbons (Fsp3) is 0.833. The Morgan fingerprint density at radius 1 is 1.05 bits per heavy atom. The van der Waals surface area contributed by atoms with Gasteiger partial charge < -0.3 is 0 Å². The number of alkyl halides is 5. The van der Waals surface area contributed by atoms with E-state index in [9.17, 15) is 0 Å². The van der Waals surface area contributed by atoms with E-state index >= 15 is 0 Å². The molecule has 0 saturated carbocycles. The van der Waals surface area contributed by atoms with Crippen LogP contribution in [0, 0.1) is 5.41 Å². The molecule has 116 valence electrons. The minimum atomic E-state index is -1.88. The van der Waals surface area contributed by atoms with Gasteiger partial charge in [0.2, 0.25) is 8.13 Å². The molecule has 1 aromatic heterocycles. The van der Waals surface area contributed by atoms with Crippen LogP contribution in [0.3, 0.4) is 0 Å². The molecule has 0 radical (unpaired) electrons. The van der Waals surface area contributed by atoms with Crippen molar-refractivity contribution in [3.63, 3.8) is 0 Å². The first-order chi connectivity index (χ1) is 8.90. The molecule has 8 heteroatoms. The zero-order valence-electron chi connectivity index (χ0n) is 11.9. The Morgan fingerprint density at radius 3 is 2.00 bits per heavy atom. The van der Waals surface area contributed by atoms with Gasteiger partial charge in [0.1, 0.15) is 5.69 Å². The van der Waals surface area contributed by atoms with Crippen molar-refractivity contribution in [2.24, 2.45) is 5.41 Å². The standard InChI is InChI=1S/C12H18Cl5N3/c1-5-6-20-9(11(13,14)12(15,16)17)8(18-19-20)7-10(2,3)4/h5-7H2,1-4H3. The van der Waals surface area contributed by atoms with Crippen LogP contribution >= 0.6 is 58.0 Å². The maximum Gasteiger partial charge on any atom is 0.228 e. The summed E-state index contributed by atoms with van der Waals surface area (Å²) in [4.78, 5) is 0. The lowest BCUT2D eigenvalue weighted by atomic mass is 9.89. The maximum absolute atomic E-state index is 6.32. The molecule has 0 atom stereocenters. The predicted molar refractivity (Wildman–Crippen MR) is 87.1 cm³/mol. The highest BCUT2D eigenvalue weighted by Gasteiger charge is 2.51. The number of hydrogen-bond acceptors (Lipinski definition) is 2. The van der Waals surface area contributed by atoms with Gasteiger partial charge in [-0.05, 0) is 18.3 Å². The van der Waals surface area contributed by atoms with Gasteiger partial charge >= 0.3 is 0 Å². The Balaban J connectivity index is 3.36.